The van der Waals surface area contributed by atoms with Crippen molar-refractivity contribution < 1.29 is 4.74 Å². The third-order valence-electron chi connectivity index (χ3n) is 3.04. The quantitative estimate of drug-likeness (QED) is 0.867. The summed E-state index contributed by atoms with van der Waals surface area (Å²) in [6, 6.07) is 3.91. The van der Waals surface area contributed by atoms with Crippen LogP contribution in [-0.4, -0.2) is 29.9 Å². The molecular weight excluding hydrogens is 214 g/mol. The zero-order valence-electron chi connectivity index (χ0n) is 10.9. The standard InChI is InChI=1S/C13H21N3O/c1-13(2,3)11-4-5-12(16-15-11)17-9-10-6-7-14-8-10/h4-5,10,14H,6-9H2,1-3H3. The lowest BCUT2D eigenvalue weighted by atomic mass is 9.92. The third kappa shape index (κ3) is 3.40. The molecule has 1 fully saturated rings. The van der Waals surface area contributed by atoms with E-state index in [-0.39, 0.29) is 5.41 Å². The fourth-order valence-electron chi connectivity index (χ4n) is 1.86. The second-order valence-electron chi connectivity index (χ2n) is 5.68. The Labute approximate surface area is 103 Å². The highest BCUT2D eigenvalue weighted by molar-refractivity contribution is 5.16. The molecule has 0 saturated carbocycles. The van der Waals surface area contributed by atoms with Crippen LogP contribution in [-0.2, 0) is 5.41 Å². The highest BCUT2D eigenvalue weighted by Crippen LogP contribution is 2.20. The van der Waals surface area contributed by atoms with E-state index < -0.39 is 0 Å². The molecule has 94 valence electrons. The molecule has 1 atom stereocenters. The first kappa shape index (κ1) is 12.3. The van der Waals surface area contributed by atoms with Crippen molar-refractivity contribution in [1.82, 2.24) is 15.5 Å². The van der Waals surface area contributed by atoms with Gasteiger partial charge in [-0.15, -0.1) is 5.10 Å². The van der Waals surface area contributed by atoms with E-state index in [4.69, 9.17) is 4.74 Å². The summed E-state index contributed by atoms with van der Waals surface area (Å²) in [7, 11) is 0. The number of nitrogens with zero attached hydrogens (tertiary/aromatic N) is 2. The van der Waals surface area contributed by atoms with Gasteiger partial charge in [-0.05, 0) is 19.0 Å². The van der Waals surface area contributed by atoms with Gasteiger partial charge in [-0.3, -0.25) is 0 Å². The average Bonchev–Trinajstić information content (AvgIpc) is 2.78. The Balaban J connectivity index is 1.89. The van der Waals surface area contributed by atoms with Gasteiger partial charge in [0.2, 0.25) is 5.88 Å². The van der Waals surface area contributed by atoms with Crippen molar-refractivity contribution in [3.05, 3.63) is 17.8 Å². The van der Waals surface area contributed by atoms with Gasteiger partial charge in [0.15, 0.2) is 0 Å². The van der Waals surface area contributed by atoms with Crippen molar-refractivity contribution in [2.75, 3.05) is 19.7 Å². The molecule has 1 N–H and O–H groups in total. The molecule has 0 spiro atoms. The molecule has 1 aliphatic rings. The minimum atomic E-state index is 0.0426. The van der Waals surface area contributed by atoms with Gasteiger partial charge in [0, 0.05) is 23.9 Å². The molecule has 0 aromatic carbocycles. The van der Waals surface area contributed by atoms with Crippen LogP contribution in [0.2, 0.25) is 0 Å². The third-order valence-corrected chi connectivity index (χ3v) is 3.04. The van der Waals surface area contributed by atoms with Crippen molar-refractivity contribution >= 4 is 0 Å². The summed E-state index contributed by atoms with van der Waals surface area (Å²) in [6.45, 7) is 9.26. The molecule has 17 heavy (non-hydrogen) atoms. The zero-order chi connectivity index (χ0) is 12.3. The van der Waals surface area contributed by atoms with Crippen LogP contribution in [0.4, 0.5) is 0 Å². The number of hydrogen-bond donors (Lipinski definition) is 1. The van der Waals surface area contributed by atoms with Gasteiger partial charge in [0.1, 0.15) is 0 Å². The van der Waals surface area contributed by atoms with Gasteiger partial charge in [-0.1, -0.05) is 20.8 Å². The van der Waals surface area contributed by atoms with Crippen molar-refractivity contribution in [3.63, 3.8) is 0 Å². The lowest BCUT2D eigenvalue weighted by Crippen LogP contribution is -2.17. The van der Waals surface area contributed by atoms with E-state index in [1.807, 2.05) is 12.1 Å². The van der Waals surface area contributed by atoms with Crippen LogP contribution in [0.3, 0.4) is 0 Å². The number of ether oxygens (including phenoxy) is 1. The molecule has 2 rings (SSSR count). The molecule has 1 unspecified atom stereocenters. The van der Waals surface area contributed by atoms with E-state index >= 15 is 0 Å². The molecule has 1 aliphatic heterocycles. The van der Waals surface area contributed by atoms with E-state index in [1.165, 1.54) is 6.42 Å². The lowest BCUT2D eigenvalue weighted by molar-refractivity contribution is 0.248. The molecular formula is C13H21N3O. The number of rotatable bonds is 3. The van der Waals surface area contributed by atoms with Crippen LogP contribution in [0.15, 0.2) is 12.1 Å². The molecule has 4 heteroatoms. The number of nitrogens with one attached hydrogen (secondary N) is 1. The van der Waals surface area contributed by atoms with Gasteiger partial charge in [0.25, 0.3) is 0 Å². The second kappa shape index (κ2) is 5.00. The maximum absolute atomic E-state index is 5.64. The zero-order valence-corrected chi connectivity index (χ0v) is 10.9. The minimum Gasteiger partial charge on any atom is -0.476 e. The molecule has 0 amide bonds. The van der Waals surface area contributed by atoms with Crippen molar-refractivity contribution in [2.24, 2.45) is 5.92 Å². The predicted molar refractivity (Wildman–Crippen MR) is 67.2 cm³/mol. The maximum Gasteiger partial charge on any atom is 0.233 e. The van der Waals surface area contributed by atoms with Gasteiger partial charge < -0.3 is 10.1 Å². The van der Waals surface area contributed by atoms with Gasteiger partial charge in [-0.25, -0.2) is 0 Å². The molecule has 0 radical (unpaired) electrons. The van der Waals surface area contributed by atoms with Crippen LogP contribution in [0, 0.1) is 5.92 Å². The Morgan fingerprint density at radius 1 is 1.35 bits per heavy atom. The van der Waals surface area contributed by atoms with Gasteiger partial charge >= 0.3 is 0 Å². The van der Waals surface area contributed by atoms with E-state index in [0.717, 1.165) is 25.4 Å². The van der Waals surface area contributed by atoms with Crippen molar-refractivity contribution in [1.29, 1.82) is 0 Å². The predicted octanol–water partition coefficient (Wildman–Crippen LogP) is 1.76. The average molecular weight is 235 g/mol. The maximum atomic E-state index is 5.64. The number of hydrogen-bond acceptors (Lipinski definition) is 4. The fourth-order valence-corrected chi connectivity index (χ4v) is 1.86. The minimum absolute atomic E-state index is 0.0426. The van der Waals surface area contributed by atoms with Crippen LogP contribution >= 0.6 is 0 Å². The summed E-state index contributed by atoms with van der Waals surface area (Å²) in [5.41, 5.74) is 1.04. The number of aromatic nitrogens is 2. The Kier molecular flexibility index (Phi) is 3.62. The molecule has 1 aromatic heterocycles. The lowest BCUT2D eigenvalue weighted by Gasteiger charge is -2.17. The van der Waals surface area contributed by atoms with Crippen LogP contribution < -0.4 is 10.1 Å². The molecule has 1 aromatic rings. The van der Waals surface area contributed by atoms with Crippen molar-refractivity contribution in [2.45, 2.75) is 32.6 Å². The molecule has 0 aliphatic carbocycles. The summed E-state index contributed by atoms with van der Waals surface area (Å²) in [6.07, 6.45) is 1.19. The largest absolute Gasteiger partial charge is 0.476 e. The second-order valence-corrected chi connectivity index (χ2v) is 5.68. The molecule has 0 bridgehead atoms. The van der Waals surface area contributed by atoms with Gasteiger partial charge in [-0.2, -0.15) is 5.10 Å². The van der Waals surface area contributed by atoms with E-state index in [1.54, 1.807) is 0 Å². The summed E-state index contributed by atoms with van der Waals surface area (Å²) >= 11 is 0. The van der Waals surface area contributed by atoms with Crippen LogP contribution in [0.1, 0.15) is 32.9 Å². The smallest absolute Gasteiger partial charge is 0.233 e. The fraction of sp³-hybridized carbons (Fsp3) is 0.692. The molecule has 4 nitrogen and oxygen atoms in total. The Morgan fingerprint density at radius 3 is 2.71 bits per heavy atom. The molecule has 2 heterocycles. The van der Waals surface area contributed by atoms with Crippen LogP contribution in [0.5, 0.6) is 5.88 Å². The van der Waals surface area contributed by atoms with E-state index in [2.05, 4.69) is 36.3 Å². The summed E-state index contributed by atoms with van der Waals surface area (Å²) in [4.78, 5) is 0. The van der Waals surface area contributed by atoms with E-state index in [0.29, 0.717) is 11.8 Å². The summed E-state index contributed by atoms with van der Waals surface area (Å²) < 4.78 is 5.64. The van der Waals surface area contributed by atoms with E-state index in [9.17, 15) is 0 Å². The van der Waals surface area contributed by atoms with Crippen LogP contribution in [0.25, 0.3) is 0 Å². The first-order valence-electron chi connectivity index (χ1n) is 6.23. The molecule has 1 saturated heterocycles. The Morgan fingerprint density at radius 2 is 2.18 bits per heavy atom. The van der Waals surface area contributed by atoms with Gasteiger partial charge in [0.05, 0.1) is 12.3 Å². The summed E-state index contributed by atoms with van der Waals surface area (Å²) in [5, 5.41) is 11.6. The topological polar surface area (TPSA) is 47.0 Å². The Hall–Kier alpha value is -1.16. The Bertz CT molecular complexity index is 350. The van der Waals surface area contributed by atoms with Crippen molar-refractivity contribution in [3.8, 4) is 5.88 Å². The summed E-state index contributed by atoms with van der Waals surface area (Å²) in [5.74, 6) is 1.24. The first-order chi connectivity index (χ1) is 8.05. The highest BCUT2D eigenvalue weighted by Gasteiger charge is 2.17. The first-order valence-corrected chi connectivity index (χ1v) is 6.23. The SMILES string of the molecule is CC(C)(C)c1ccc(OCC2CCNC2)nn1. The normalized spacial score (nSPS) is 20.5. The monoisotopic (exact) mass is 235 g/mol. The highest BCUT2D eigenvalue weighted by atomic mass is 16.5.